The first-order chi connectivity index (χ1) is 12.5. The number of carbonyl (C=O) groups excluding carboxylic acids is 1. The molecule has 11 nitrogen and oxygen atoms in total. The van der Waals surface area contributed by atoms with Gasteiger partial charge in [0.25, 0.3) is 25.8 Å². The van der Waals surface area contributed by atoms with Crippen LogP contribution in [0.5, 0.6) is 0 Å². The highest BCUT2D eigenvalue weighted by Gasteiger charge is 2.22. The minimum atomic E-state index is -4.74. The van der Waals surface area contributed by atoms with Gasteiger partial charge in [0.2, 0.25) is 6.08 Å². The molecule has 0 radical (unpaired) electrons. The number of nitrogens with one attached hydrogen (secondary N) is 1. The Morgan fingerprint density at radius 1 is 1.15 bits per heavy atom. The van der Waals surface area contributed by atoms with Crippen LogP contribution in [-0.4, -0.2) is 32.4 Å². The van der Waals surface area contributed by atoms with Crippen molar-refractivity contribution < 1.29 is 31.1 Å². The third kappa shape index (κ3) is 4.54. The van der Waals surface area contributed by atoms with Crippen molar-refractivity contribution in [3.8, 4) is 0 Å². The molecule has 0 aliphatic rings. The van der Waals surface area contributed by atoms with Crippen molar-refractivity contribution in [2.24, 2.45) is 4.99 Å². The van der Waals surface area contributed by atoms with Gasteiger partial charge in [-0.3, -0.25) is 19.4 Å². The fourth-order valence-corrected chi connectivity index (χ4v) is 3.74. The zero-order valence-electron chi connectivity index (χ0n) is 13.5. The molecule has 142 valence electrons. The molecule has 0 spiro atoms. The molecule has 0 aliphatic carbocycles. The molecule has 2 rings (SSSR count). The smallest absolute Gasteiger partial charge is 0.282 e. The molecule has 0 heterocycles. The Morgan fingerprint density at radius 2 is 1.81 bits per heavy atom. The molecule has 0 aromatic heterocycles. The number of hydrogen-bond donors (Lipinski definition) is 2. The van der Waals surface area contributed by atoms with E-state index in [1.807, 2.05) is 0 Å². The van der Waals surface area contributed by atoms with Gasteiger partial charge >= 0.3 is 0 Å². The normalized spacial score (nSPS) is 11.5. The van der Waals surface area contributed by atoms with Crippen LogP contribution in [0, 0.1) is 17.0 Å². The first-order valence-electron chi connectivity index (χ1n) is 6.93. The second kappa shape index (κ2) is 7.25. The van der Waals surface area contributed by atoms with E-state index in [9.17, 15) is 36.3 Å². The average molecular weight is 413 g/mol. The predicted molar refractivity (Wildman–Crippen MR) is 92.7 cm³/mol. The molecule has 2 N–H and O–H groups in total. The highest BCUT2D eigenvalue weighted by atomic mass is 32.2. The molecule has 0 fully saturated rings. The average Bonchev–Trinajstić information content (AvgIpc) is 2.57. The van der Waals surface area contributed by atoms with E-state index in [1.165, 1.54) is 13.0 Å². The lowest BCUT2D eigenvalue weighted by molar-refractivity contribution is -0.385. The zero-order valence-corrected chi connectivity index (χ0v) is 15.1. The summed E-state index contributed by atoms with van der Waals surface area (Å²) in [5.74, 6) is 0. The Morgan fingerprint density at radius 3 is 2.37 bits per heavy atom. The van der Waals surface area contributed by atoms with E-state index in [0.717, 1.165) is 36.4 Å². The van der Waals surface area contributed by atoms with E-state index in [-0.39, 0.29) is 16.9 Å². The molecule has 0 saturated carbocycles. The van der Waals surface area contributed by atoms with Crippen LogP contribution in [0.3, 0.4) is 0 Å². The summed E-state index contributed by atoms with van der Waals surface area (Å²) in [6, 6.07) is 5.86. The first kappa shape index (κ1) is 20.2. The number of benzene rings is 2. The van der Waals surface area contributed by atoms with Crippen molar-refractivity contribution in [2.75, 3.05) is 4.72 Å². The molecule has 0 unspecified atom stereocenters. The number of aliphatic imine (C=N–C) groups is 1. The van der Waals surface area contributed by atoms with E-state index in [0.29, 0.717) is 0 Å². The summed E-state index contributed by atoms with van der Waals surface area (Å²) in [6.07, 6.45) is 1.19. The van der Waals surface area contributed by atoms with Gasteiger partial charge in [0.1, 0.15) is 0 Å². The molecule has 0 saturated heterocycles. The van der Waals surface area contributed by atoms with Crippen LogP contribution in [-0.2, 0) is 24.9 Å². The predicted octanol–water partition coefficient (Wildman–Crippen LogP) is 1.92. The topological polar surface area (TPSA) is 173 Å². The largest absolute Gasteiger partial charge is 0.294 e. The van der Waals surface area contributed by atoms with Crippen molar-refractivity contribution in [2.45, 2.75) is 16.7 Å². The second-order valence-electron chi connectivity index (χ2n) is 5.15. The summed E-state index contributed by atoms with van der Waals surface area (Å²) < 4.78 is 59.0. The minimum Gasteiger partial charge on any atom is -0.282 e. The highest BCUT2D eigenvalue weighted by Crippen LogP contribution is 2.32. The number of hydrogen-bond acceptors (Lipinski definition) is 8. The summed E-state index contributed by atoms with van der Waals surface area (Å²) in [7, 11) is -9.09. The summed E-state index contributed by atoms with van der Waals surface area (Å²) in [5.41, 5.74) is -0.935. The van der Waals surface area contributed by atoms with Crippen LogP contribution >= 0.6 is 0 Å². The van der Waals surface area contributed by atoms with E-state index in [2.05, 4.69) is 9.71 Å². The number of non-ortho nitro benzene ring substituents is 1. The lowest BCUT2D eigenvalue weighted by Crippen LogP contribution is -2.14. The van der Waals surface area contributed by atoms with Gasteiger partial charge in [-0.05, 0) is 30.7 Å². The Hall–Kier alpha value is -3.12. The van der Waals surface area contributed by atoms with Gasteiger partial charge in [0.05, 0.1) is 26.1 Å². The molecule has 13 heteroatoms. The third-order valence-corrected chi connectivity index (χ3v) is 5.60. The van der Waals surface area contributed by atoms with Crippen LogP contribution in [0.25, 0.3) is 0 Å². The molecule has 0 aliphatic heterocycles. The molecule has 2 aromatic rings. The van der Waals surface area contributed by atoms with Gasteiger partial charge in [-0.15, -0.1) is 0 Å². The summed E-state index contributed by atoms with van der Waals surface area (Å²) >= 11 is 0. The van der Waals surface area contributed by atoms with Crippen LogP contribution in [0.15, 0.2) is 51.2 Å². The Bertz CT molecular complexity index is 1180. The fraction of sp³-hybridized carbons (Fsp3) is 0.0714. The van der Waals surface area contributed by atoms with E-state index in [4.69, 9.17) is 0 Å². The summed E-state index contributed by atoms with van der Waals surface area (Å²) in [5, 5.41) is 10.8. The lowest BCUT2D eigenvalue weighted by atomic mass is 10.1. The van der Waals surface area contributed by atoms with Crippen LogP contribution in [0.1, 0.15) is 5.56 Å². The van der Waals surface area contributed by atoms with Crippen LogP contribution < -0.4 is 4.72 Å². The zero-order chi connectivity index (χ0) is 20.4. The maximum atomic E-state index is 12.5. The number of rotatable bonds is 6. The number of nitro groups is 1. The quantitative estimate of drug-likeness (QED) is 0.237. The number of nitrogens with zero attached hydrogens (tertiary/aromatic N) is 2. The van der Waals surface area contributed by atoms with E-state index >= 15 is 0 Å². The Labute approximate surface area is 153 Å². The van der Waals surface area contributed by atoms with Crippen molar-refractivity contribution in [3.05, 3.63) is 52.1 Å². The van der Waals surface area contributed by atoms with Crippen molar-refractivity contribution in [3.63, 3.8) is 0 Å². The second-order valence-corrected chi connectivity index (χ2v) is 8.26. The van der Waals surface area contributed by atoms with Crippen LogP contribution in [0.2, 0.25) is 0 Å². The van der Waals surface area contributed by atoms with E-state index in [1.54, 1.807) is 0 Å². The Kier molecular flexibility index (Phi) is 5.42. The molecule has 0 bridgehead atoms. The van der Waals surface area contributed by atoms with Gasteiger partial charge < -0.3 is 0 Å². The highest BCUT2D eigenvalue weighted by molar-refractivity contribution is 7.92. The number of nitro benzene ring substituents is 1. The molecule has 27 heavy (non-hydrogen) atoms. The monoisotopic (exact) mass is 413 g/mol. The van der Waals surface area contributed by atoms with Gasteiger partial charge in [0.15, 0.2) is 0 Å². The summed E-state index contributed by atoms with van der Waals surface area (Å²) in [6.45, 7) is 1.34. The Balaban J connectivity index is 2.61. The van der Waals surface area contributed by atoms with Gasteiger partial charge in [-0.2, -0.15) is 13.4 Å². The number of sulfonamides is 1. The maximum absolute atomic E-state index is 12.5. The van der Waals surface area contributed by atoms with Crippen LogP contribution in [0.4, 0.5) is 17.1 Å². The number of anilines is 1. The number of isocyanates is 1. The van der Waals surface area contributed by atoms with Gasteiger partial charge in [-0.1, -0.05) is 6.07 Å². The summed E-state index contributed by atoms with van der Waals surface area (Å²) in [4.78, 5) is 22.7. The minimum absolute atomic E-state index is 0.0692. The molecule has 2 aromatic carbocycles. The maximum Gasteiger partial charge on any atom is 0.294 e. The first-order valence-corrected chi connectivity index (χ1v) is 9.85. The van der Waals surface area contributed by atoms with Gasteiger partial charge in [-0.25, -0.2) is 13.2 Å². The van der Waals surface area contributed by atoms with Gasteiger partial charge in [0, 0.05) is 12.1 Å². The fourth-order valence-electron chi connectivity index (χ4n) is 2.06. The van der Waals surface area contributed by atoms with Crippen molar-refractivity contribution in [1.29, 1.82) is 0 Å². The lowest BCUT2D eigenvalue weighted by Gasteiger charge is -2.13. The molecular formula is C14H11N3O8S2. The molecule has 0 amide bonds. The van der Waals surface area contributed by atoms with Crippen molar-refractivity contribution >= 4 is 43.3 Å². The van der Waals surface area contributed by atoms with Crippen molar-refractivity contribution in [1.82, 2.24) is 0 Å². The third-order valence-electron chi connectivity index (χ3n) is 3.40. The molecular weight excluding hydrogens is 402 g/mol. The molecule has 0 atom stereocenters. The SMILES string of the molecule is Cc1c(N=C=O)cc(S(=O)(=O)O)cc1NS(=O)(=O)c1cccc([N+](=O)[O-])c1. The van der Waals surface area contributed by atoms with E-state index < -0.39 is 40.5 Å². The standard InChI is InChI=1S/C14H11N3O8S2/c1-9-13(15-8-18)6-12(27(23,24)25)7-14(9)16-26(21,22)11-4-2-3-10(5-11)17(19)20/h2-7,16H,1H3,(H,23,24,25).